The summed E-state index contributed by atoms with van der Waals surface area (Å²) in [7, 11) is 2.08. The molecule has 2 aliphatic rings. The highest BCUT2D eigenvalue weighted by Crippen LogP contribution is 2.42. The number of hydrogen-bond acceptors (Lipinski definition) is 4. The molecule has 160 valence electrons. The molecule has 31 heavy (non-hydrogen) atoms. The molecule has 0 bridgehead atoms. The van der Waals surface area contributed by atoms with Gasteiger partial charge < -0.3 is 4.90 Å². The highest BCUT2D eigenvalue weighted by molar-refractivity contribution is 6.39. The van der Waals surface area contributed by atoms with Gasteiger partial charge in [-0.1, -0.05) is 24.6 Å². The van der Waals surface area contributed by atoms with Crippen molar-refractivity contribution in [2.75, 3.05) is 16.8 Å². The summed E-state index contributed by atoms with van der Waals surface area (Å²) in [6, 6.07) is 11.4. The lowest BCUT2D eigenvalue weighted by atomic mass is 9.80. The number of nitrogens with one attached hydrogen (secondary N) is 1. The molecule has 1 atom stereocenters. The Bertz CT molecular complexity index is 1120. The first kappa shape index (κ1) is 21.1. The van der Waals surface area contributed by atoms with Gasteiger partial charge in [0.1, 0.15) is 5.57 Å². The summed E-state index contributed by atoms with van der Waals surface area (Å²) >= 11 is 5.91. The summed E-state index contributed by atoms with van der Waals surface area (Å²) in [4.78, 5) is 41.1. The molecule has 2 aromatic rings. The normalized spacial score (nSPS) is 21.9. The Morgan fingerprint density at radius 1 is 1.10 bits per heavy atom. The molecule has 2 heterocycles. The molecule has 7 heteroatoms. The van der Waals surface area contributed by atoms with Crippen LogP contribution in [-0.2, 0) is 9.59 Å². The molecule has 0 radical (unpaired) electrons. The van der Waals surface area contributed by atoms with E-state index in [0.717, 1.165) is 22.6 Å². The summed E-state index contributed by atoms with van der Waals surface area (Å²) in [5.41, 5.74) is 3.35. The number of hydrogen-bond donors (Lipinski definition) is 1. The molecule has 2 aromatic carbocycles. The molecule has 6 nitrogen and oxygen atoms in total. The number of halogens is 1. The molecular formula is C24H24ClN3O3. The van der Waals surface area contributed by atoms with E-state index in [0.29, 0.717) is 16.6 Å². The number of barbiturate groups is 1. The van der Waals surface area contributed by atoms with Gasteiger partial charge in [0, 0.05) is 23.3 Å². The van der Waals surface area contributed by atoms with Crippen molar-refractivity contribution in [2.24, 2.45) is 0 Å². The van der Waals surface area contributed by atoms with Gasteiger partial charge in [0.05, 0.1) is 5.69 Å². The Morgan fingerprint density at radius 2 is 1.77 bits per heavy atom. The third kappa shape index (κ3) is 3.72. The van der Waals surface area contributed by atoms with Crippen molar-refractivity contribution in [1.29, 1.82) is 0 Å². The molecule has 1 N–H and O–H groups in total. The number of nitrogens with zero attached hydrogens (tertiary/aromatic N) is 2. The number of urea groups is 1. The van der Waals surface area contributed by atoms with Gasteiger partial charge >= 0.3 is 6.03 Å². The second-order valence-electron chi connectivity index (χ2n) is 8.73. The topological polar surface area (TPSA) is 69.7 Å². The minimum Gasteiger partial charge on any atom is -0.369 e. The van der Waals surface area contributed by atoms with Crippen molar-refractivity contribution < 1.29 is 14.4 Å². The van der Waals surface area contributed by atoms with Crippen molar-refractivity contribution >= 4 is 46.9 Å². The third-order valence-corrected chi connectivity index (χ3v) is 6.41. The molecule has 0 spiro atoms. The largest absolute Gasteiger partial charge is 0.369 e. The van der Waals surface area contributed by atoms with Crippen LogP contribution in [-0.4, -0.2) is 30.4 Å². The number of benzene rings is 2. The number of anilines is 2. The molecule has 0 saturated carbocycles. The maximum absolute atomic E-state index is 13.1. The van der Waals surface area contributed by atoms with Crippen LogP contribution in [0.4, 0.5) is 16.2 Å². The maximum Gasteiger partial charge on any atom is 0.335 e. The zero-order valence-electron chi connectivity index (χ0n) is 17.9. The maximum atomic E-state index is 13.1. The Labute approximate surface area is 186 Å². The minimum absolute atomic E-state index is 0.0467. The van der Waals surface area contributed by atoms with Crippen molar-refractivity contribution in [3.05, 3.63) is 64.2 Å². The second kappa shape index (κ2) is 7.54. The van der Waals surface area contributed by atoms with Crippen LogP contribution in [0.2, 0.25) is 5.02 Å². The van der Waals surface area contributed by atoms with Crippen LogP contribution >= 0.6 is 11.6 Å². The van der Waals surface area contributed by atoms with Crippen LogP contribution in [0.25, 0.3) is 6.08 Å². The third-order valence-electron chi connectivity index (χ3n) is 6.16. The quantitative estimate of drug-likeness (QED) is 0.544. The predicted octanol–water partition coefficient (Wildman–Crippen LogP) is 4.73. The summed E-state index contributed by atoms with van der Waals surface area (Å²) in [6.07, 6.45) is 2.54. The zero-order chi connectivity index (χ0) is 22.5. The fraction of sp³-hybridized carbons (Fsp3) is 0.292. The standard InChI is InChI=1S/C24H24ClN3O3/c1-14-13-24(2,3)27(4)20-10-5-15(11-18(14)20)12-19-21(29)26-23(31)28(22(19)30)17-8-6-16(25)7-9-17/h5-12,14H,13H2,1-4H3,(H,26,29,31)/b19-12+/t14-/m1/s1. The highest BCUT2D eigenvalue weighted by atomic mass is 35.5. The number of rotatable bonds is 2. The lowest BCUT2D eigenvalue weighted by Gasteiger charge is -2.45. The second-order valence-corrected chi connectivity index (χ2v) is 9.17. The molecule has 4 amide bonds. The monoisotopic (exact) mass is 437 g/mol. The van der Waals surface area contributed by atoms with Crippen LogP contribution in [0.3, 0.4) is 0 Å². The number of fused-ring (bicyclic) bond motifs is 1. The average Bonchev–Trinajstić information content (AvgIpc) is 2.70. The van der Waals surface area contributed by atoms with E-state index < -0.39 is 17.8 Å². The Hall–Kier alpha value is -3.12. The molecule has 1 saturated heterocycles. The lowest BCUT2D eigenvalue weighted by molar-refractivity contribution is -0.122. The molecular weight excluding hydrogens is 414 g/mol. The fourth-order valence-electron chi connectivity index (χ4n) is 4.33. The van der Waals surface area contributed by atoms with E-state index in [4.69, 9.17) is 11.6 Å². The van der Waals surface area contributed by atoms with Gasteiger partial charge in [0.25, 0.3) is 11.8 Å². The van der Waals surface area contributed by atoms with E-state index in [1.54, 1.807) is 30.3 Å². The van der Waals surface area contributed by atoms with E-state index in [1.165, 1.54) is 5.56 Å². The number of imide groups is 2. The van der Waals surface area contributed by atoms with Gasteiger partial charge in [-0.15, -0.1) is 0 Å². The van der Waals surface area contributed by atoms with Gasteiger partial charge in [0.15, 0.2) is 0 Å². The van der Waals surface area contributed by atoms with Gasteiger partial charge in [0.2, 0.25) is 0 Å². The predicted molar refractivity (Wildman–Crippen MR) is 122 cm³/mol. The minimum atomic E-state index is -0.780. The first-order valence-corrected chi connectivity index (χ1v) is 10.5. The van der Waals surface area contributed by atoms with Crippen LogP contribution in [0.5, 0.6) is 0 Å². The van der Waals surface area contributed by atoms with Crippen LogP contribution in [0.1, 0.15) is 44.2 Å². The zero-order valence-corrected chi connectivity index (χ0v) is 18.7. The van der Waals surface area contributed by atoms with Gasteiger partial charge in [-0.3, -0.25) is 14.9 Å². The fourth-order valence-corrected chi connectivity index (χ4v) is 4.46. The molecule has 1 fully saturated rings. The van der Waals surface area contributed by atoms with Crippen LogP contribution < -0.4 is 15.1 Å². The molecule has 2 aliphatic heterocycles. The van der Waals surface area contributed by atoms with E-state index in [9.17, 15) is 14.4 Å². The Kier molecular flexibility index (Phi) is 5.13. The van der Waals surface area contributed by atoms with Gasteiger partial charge in [-0.05, 0) is 79.8 Å². The van der Waals surface area contributed by atoms with E-state index in [2.05, 4.69) is 38.0 Å². The number of carbonyl (C=O) groups excluding carboxylic acids is 3. The van der Waals surface area contributed by atoms with Crippen molar-refractivity contribution in [1.82, 2.24) is 5.32 Å². The smallest absolute Gasteiger partial charge is 0.335 e. The SMILES string of the molecule is C[C@@H]1CC(C)(C)N(C)c2ccc(/C=C3\C(=O)NC(=O)N(c4ccc(Cl)cc4)C3=O)cc21. The van der Waals surface area contributed by atoms with E-state index >= 15 is 0 Å². The van der Waals surface area contributed by atoms with Crippen molar-refractivity contribution in [3.63, 3.8) is 0 Å². The lowest BCUT2D eigenvalue weighted by Crippen LogP contribution is -2.54. The first-order chi connectivity index (χ1) is 14.6. The van der Waals surface area contributed by atoms with Gasteiger partial charge in [-0.25, -0.2) is 9.69 Å². The van der Waals surface area contributed by atoms with Gasteiger partial charge in [-0.2, -0.15) is 0 Å². The summed E-state index contributed by atoms with van der Waals surface area (Å²) in [5, 5.41) is 2.73. The molecule has 4 rings (SSSR count). The number of amides is 4. The Morgan fingerprint density at radius 3 is 2.45 bits per heavy atom. The molecule has 0 aromatic heterocycles. The first-order valence-electron chi connectivity index (χ1n) is 10.1. The van der Waals surface area contributed by atoms with Crippen molar-refractivity contribution in [3.8, 4) is 0 Å². The van der Waals surface area contributed by atoms with Crippen molar-refractivity contribution in [2.45, 2.75) is 38.6 Å². The average molecular weight is 438 g/mol. The molecule has 0 aliphatic carbocycles. The molecule has 0 unspecified atom stereocenters. The summed E-state index contributed by atoms with van der Waals surface area (Å²) in [6.45, 7) is 6.62. The van der Waals surface area contributed by atoms with Crippen LogP contribution in [0, 0.1) is 0 Å². The summed E-state index contributed by atoms with van der Waals surface area (Å²) in [5.74, 6) is -1.04. The summed E-state index contributed by atoms with van der Waals surface area (Å²) < 4.78 is 0. The van der Waals surface area contributed by atoms with Crippen LogP contribution in [0.15, 0.2) is 48.0 Å². The Balaban J connectivity index is 1.72. The van der Waals surface area contributed by atoms with E-state index in [-0.39, 0.29) is 11.1 Å². The number of carbonyl (C=O) groups is 3. The highest BCUT2D eigenvalue weighted by Gasteiger charge is 2.37. The van der Waals surface area contributed by atoms with E-state index in [1.807, 2.05) is 18.2 Å².